The topological polar surface area (TPSA) is 56.2 Å². The highest BCUT2D eigenvalue weighted by Crippen LogP contribution is 2.31. The number of amides is 1. The minimum Gasteiger partial charge on any atom is -0.388 e. The highest BCUT2D eigenvalue weighted by Gasteiger charge is 2.28. The van der Waals surface area contributed by atoms with Crippen LogP contribution in [0.15, 0.2) is 66.7 Å². The molecule has 5 heteroatoms. The first kappa shape index (κ1) is 25.4. The third kappa shape index (κ3) is 5.73. The number of halogens is 1. The van der Waals surface area contributed by atoms with Crippen LogP contribution in [0.4, 0.5) is 15.8 Å². The molecule has 0 aromatic heterocycles. The van der Waals surface area contributed by atoms with Gasteiger partial charge in [-0.15, -0.1) is 0 Å². The van der Waals surface area contributed by atoms with Gasteiger partial charge in [0.05, 0.1) is 6.54 Å². The van der Waals surface area contributed by atoms with Gasteiger partial charge in [-0.05, 0) is 66.8 Å². The Balaban J connectivity index is 1.66. The Morgan fingerprint density at radius 3 is 2.50 bits per heavy atom. The van der Waals surface area contributed by atoms with Gasteiger partial charge in [-0.3, -0.25) is 4.79 Å². The summed E-state index contributed by atoms with van der Waals surface area (Å²) >= 11 is 0. The first-order chi connectivity index (χ1) is 17.5. The number of benzene rings is 3. The van der Waals surface area contributed by atoms with Gasteiger partial charge in [-0.1, -0.05) is 61.7 Å². The SMILES string of the molecule is C/C=C/c1cccc(N(Cc2ccc(-c3ccc(NC)c(C=N)c3)cc2F)C(=O)C2CCCCC2)c1. The molecule has 0 unspecified atom stereocenters. The van der Waals surface area contributed by atoms with Gasteiger partial charge < -0.3 is 15.6 Å². The fourth-order valence-electron chi connectivity index (χ4n) is 4.97. The van der Waals surface area contributed by atoms with Crippen LogP contribution in [0.2, 0.25) is 0 Å². The summed E-state index contributed by atoms with van der Waals surface area (Å²) in [5, 5.41) is 10.7. The molecule has 0 saturated heterocycles. The van der Waals surface area contributed by atoms with E-state index < -0.39 is 0 Å². The molecule has 0 aliphatic heterocycles. The zero-order valence-electron chi connectivity index (χ0n) is 21.1. The summed E-state index contributed by atoms with van der Waals surface area (Å²) in [5.41, 5.74) is 5.46. The second-order valence-electron chi connectivity index (χ2n) is 9.36. The molecule has 36 heavy (non-hydrogen) atoms. The maximum Gasteiger partial charge on any atom is 0.230 e. The second-order valence-corrected chi connectivity index (χ2v) is 9.36. The maximum absolute atomic E-state index is 15.4. The molecule has 4 rings (SSSR count). The van der Waals surface area contributed by atoms with Crippen molar-refractivity contribution in [2.45, 2.75) is 45.6 Å². The number of hydrogen-bond donors (Lipinski definition) is 2. The monoisotopic (exact) mass is 483 g/mol. The van der Waals surface area contributed by atoms with Gasteiger partial charge >= 0.3 is 0 Å². The lowest BCUT2D eigenvalue weighted by Crippen LogP contribution is -2.37. The summed E-state index contributed by atoms with van der Waals surface area (Å²) in [6.45, 7) is 2.15. The average molecular weight is 484 g/mol. The van der Waals surface area contributed by atoms with Crippen molar-refractivity contribution in [3.05, 3.63) is 89.2 Å². The fourth-order valence-corrected chi connectivity index (χ4v) is 4.97. The number of allylic oxidation sites excluding steroid dienone is 1. The van der Waals surface area contributed by atoms with E-state index >= 15 is 4.39 Å². The number of carbonyl (C=O) groups excluding carboxylic acids is 1. The maximum atomic E-state index is 15.4. The molecule has 1 aliphatic rings. The highest BCUT2D eigenvalue weighted by atomic mass is 19.1. The molecule has 0 radical (unpaired) electrons. The van der Waals surface area contributed by atoms with E-state index in [9.17, 15) is 4.79 Å². The van der Waals surface area contributed by atoms with Crippen LogP contribution in [-0.2, 0) is 11.3 Å². The quantitative estimate of drug-likeness (QED) is 0.323. The van der Waals surface area contributed by atoms with E-state index in [4.69, 9.17) is 5.41 Å². The van der Waals surface area contributed by atoms with Gasteiger partial charge in [-0.2, -0.15) is 0 Å². The van der Waals surface area contributed by atoms with Crippen LogP contribution in [0.5, 0.6) is 0 Å². The van der Waals surface area contributed by atoms with Crippen molar-refractivity contribution in [2.75, 3.05) is 17.3 Å². The number of nitrogens with zero attached hydrogens (tertiary/aromatic N) is 1. The minimum atomic E-state index is -0.340. The standard InChI is InChI=1S/C31H34FN3O/c1-3-8-22-9-7-12-28(17-22)35(31(36)23-10-5-4-6-11-23)21-26-14-13-25(19-29(26)32)24-15-16-30(34-2)27(18-24)20-33/h3,7-9,12-20,23,33-34H,4-6,10-11,21H2,1-2H3/b8-3+,33-20?. The van der Waals surface area contributed by atoms with Crippen molar-refractivity contribution in [3.63, 3.8) is 0 Å². The first-order valence-electron chi connectivity index (χ1n) is 12.7. The van der Waals surface area contributed by atoms with E-state index in [-0.39, 0.29) is 24.2 Å². The fraction of sp³-hybridized carbons (Fsp3) is 0.290. The van der Waals surface area contributed by atoms with E-state index in [2.05, 4.69) is 5.32 Å². The summed E-state index contributed by atoms with van der Waals surface area (Å²) in [4.78, 5) is 15.4. The molecular weight excluding hydrogens is 449 g/mol. The van der Waals surface area contributed by atoms with E-state index in [0.717, 1.165) is 59.3 Å². The van der Waals surface area contributed by atoms with Crippen LogP contribution in [0, 0.1) is 17.1 Å². The third-order valence-electron chi connectivity index (χ3n) is 6.95. The third-order valence-corrected chi connectivity index (χ3v) is 6.95. The first-order valence-corrected chi connectivity index (χ1v) is 12.7. The molecule has 186 valence electrons. The molecule has 3 aromatic rings. The van der Waals surface area contributed by atoms with Crippen molar-refractivity contribution < 1.29 is 9.18 Å². The molecule has 0 bridgehead atoms. The van der Waals surface area contributed by atoms with E-state index in [1.165, 1.54) is 18.7 Å². The van der Waals surface area contributed by atoms with Crippen LogP contribution in [0.3, 0.4) is 0 Å². The Morgan fingerprint density at radius 2 is 1.81 bits per heavy atom. The summed E-state index contributed by atoms with van der Waals surface area (Å²) in [6, 6.07) is 18.7. The number of carbonyl (C=O) groups is 1. The molecule has 0 heterocycles. The van der Waals surface area contributed by atoms with Gasteiger partial charge in [0.25, 0.3) is 0 Å². The minimum absolute atomic E-state index is 0.0170. The normalized spacial score (nSPS) is 14.1. The summed E-state index contributed by atoms with van der Waals surface area (Å²) in [5.74, 6) is -0.279. The van der Waals surface area contributed by atoms with E-state index in [1.807, 2.05) is 74.7 Å². The molecular formula is C31H34FN3O. The van der Waals surface area contributed by atoms with E-state index in [1.54, 1.807) is 11.0 Å². The number of hydrogen-bond acceptors (Lipinski definition) is 3. The Kier molecular flexibility index (Phi) is 8.32. The van der Waals surface area contributed by atoms with Gasteiger partial charge in [0, 0.05) is 41.7 Å². The van der Waals surface area contributed by atoms with Gasteiger partial charge in [0.1, 0.15) is 5.82 Å². The Bertz CT molecular complexity index is 1260. The lowest BCUT2D eigenvalue weighted by molar-refractivity contribution is -0.123. The summed E-state index contributed by atoms with van der Waals surface area (Å²) in [6.07, 6.45) is 10.3. The molecule has 1 amide bonds. The van der Waals surface area contributed by atoms with Crippen molar-refractivity contribution >= 4 is 29.6 Å². The highest BCUT2D eigenvalue weighted by molar-refractivity contribution is 5.95. The van der Waals surface area contributed by atoms with Crippen molar-refractivity contribution in [1.82, 2.24) is 0 Å². The summed E-state index contributed by atoms with van der Waals surface area (Å²) in [7, 11) is 1.81. The Hall–Kier alpha value is -3.73. The van der Waals surface area contributed by atoms with Crippen molar-refractivity contribution in [1.29, 1.82) is 5.41 Å². The van der Waals surface area contributed by atoms with E-state index in [0.29, 0.717) is 5.56 Å². The molecule has 2 N–H and O–H groups in total. The summed E-state index contributed by atoms with van der Waals surface area (Å²) < 4.78 is 15.4. The van der Waals surface area contributed by atoms with Crippen LogP contribution in [0.25, 0.3) is 17.2 Å². The van der Waals surface area contributed by atoms with Crippen LogP contribution >= 0.6 is 0 Å². The second kappa shape index (κ2) is 11.8. The number of rotatable bonds is 8. The molecule has 1 saturated carbocycles. The smallest absolute Gasteiger partial charge is 0.230 e. The predicted octanol–water partition coefficient (Wildman–Crippen LogP) is 7.68. The zero-order valence-corrected chi connectivity index (χ0v) is 21.1. The molecule has 4 nitrogen and oxygen atoms in total. The van der Waals surface area contributed by atoms with Gasteiger partial charge in [0.2, 0.25) is 5.91 Å². The lowest BCUT2D eigenvalue weighted by Gasteiger charge is -2.30. The van der Waals surface area contributed by atoms with Gasteiger partial charge in [0.15, 0.2) is 0 Å². The number of nitrogens with one attached hydrogen (secondary N) is 2. The molecule has 3 aromatic carbocycles. The lowest BCUT2D eigenvalue weighted by atomic mass is 9.88. The van der Waals surface area contributed by atoms with Crippen molar-refractivity contribution in [2.24, 2.45) is 5.92 Å². The number of anilines is 2. The van der Waals surface area contributed by atoms with Crippen LogP contribution < -0.4 is 10.2 Å². The predicted molar refractivity (Wildman–Crippen MR) is 148 cm³/mol. The van der Waals surface area contributed by atoms with Crippen LogP contribution in [0.1, 0.15) is 55.7 Å². The molecule has 0 spiro atoms. The Morgan fingerprint density at radius 1 is 1.06 bits per heavy atom. The largest absolute Gasteiger partial charge is 0.388 e. The molecule has 0 atom stereocenters. The van der Waals surface area contributed by atoms with Crippen LogP contribution in [-0.4, -0.2) is 19.2 Å². The van der Waals surface area contributed by atoms with Crippen molar-refractivity contribution in [3.8, 4) is 11.1 Å². The molecule has 1 fully saturated rings. The average Bonchev–Trinajstić information content (AvgIpc) is 2.92. The van der Waals surface area contributed by atoms with Gasteiger partial charge in [-0.25, -0.2) is 4.39 Å². The zero-order chi connectivity index (χ0) is 25.5. The molecule has 1 aliphatic carbocycles. The Labute approximate surface area is 213 Å².